The molecule has 0 fully saturated rings. The first-order valence-corrected chi connectivity index (χ1v) is 8.40. The molecule has 7 heteroatoms. The monoisotopic (exact) mass is 378 g/mol. The first kappa shape index (κ1) is 18.9. The fourth-order valence-corrected chi connectivity index (χ4v) is 2.39. The molecule has 1 heterocycles. The molecule has 3 rings (SSSR count). The predicted octanol–water partition coefficient (Wildman–Crippen LogP) is 3.58. The summed E-state index contributed by atoms with van der Waals surface area (Å²) in [5, 5.41) is 3.94. The molecule has 0 bridgehead atoms. The van der Waals surface area contributed by atoms with Crippen molar-refractivity contribution in [2.75, 3.05) is 7.11 Å². The van der Waals surface area contributed by atoms with E-state index < -0.39 is 5.97 Å². The van der Waals surface area contributed by atoms with Gasteiger partial charge in [0.1, 0.15) is 11.5 Å². The van der Waals surface area contributed by atoms with Crippen LogP contribution in [-0.2, 0) is 0 Å². The van der Waals surface area contributed by atoms with Crippen molar-refractivity contribution in [3.05, 3.63) is 83.3 Å². The fourth-order valence-electron chi connectivity index (χ4n) is 2.39. The molecule has 0 radical (unpaired) electrons. The van der Waals surface area contributed by atoms with Crippen LogP contribution in [0.3, 0.4) is 0 Å². The molecule has 7 nitrogen and oxygen atoms in total. The summed E-state index contributed by atoms with van der Waals surface area (Å²) in [7, 11) is 1.51. The lowest BCUT2D eigenvalue weighted by atomic mass is 10.1. The van der Waals surface area contributed by atoms with Gasteiger partial charge in [-0.15, -0.1) is 0 Å². The van der Waals surface area contributed by atoms with Crippen molar-refractivity contribution in [1.82, 2.24) is 5.43 Å². The van der Waals surface area contributed by atoms with Crippen molar-refractivity contribution in [1.29, 1.82) is 0 Å². The first-order chi connectivity index (χ1) is 13.6. The molecule has 1 aromatic heterocycles. The molecule has 1 amide bonds. The summed E-state index contributed by atoms with van der Waals surface area (Å²) in [5.74, 6) is 0.0186. The van der Waals surface area contributed by atoms with Crippen molar-refractivity contribution in [2.24, 2.45) is 5.10 Å². The maximum Gasteiger partial charge on any atom is 0.379 e. The Morgan fingerprint density at radius 1 is 1.11 bits per heavy atom. The Balaban J connectivity index is 1.59. The van der Waals surface area contributed by atoms with E-state index in [1.807, 2.05) is 13.0 Å². The highest BCUT2D eigenvalue weighted by molar-refractivity contribution is 5.97. The maximum absolute atomic E-state index is 12.2. The minimum Gasteiger partial charge on any atom is -0.496 e. The maximum atomic E-state index is 12.2. The zero-order valence-electron chi connectivity index (χ0n) is 15.3. The number of carbonyl (C=O) groups excluding carboxylic acids is 2. The molecular formula is C21H18N2O5. The lowest BCUT2D eigenvalue weighted by Crippen LogP contribution is -2.18. The van der Waals surface area contributed by atoms with Gasteiger partial charge in [0.05, 0.1) is 25.2 Å². The van der Waals surface area contributed by atoms with E-state index in [1.54, 1.807) is 42.5 Å². The second-order valence-electron chi connectivity index (χ2n) is 5.84. The molecule has 0 spiro atoms. The summed E-state index contributed by atoms with van der Waals surface area (Å²) in [6, 6.07) is 15.1. The van der Waals surface area contributed by atoms with Gasteiger partial charge in [-0.1, -0.05) is 6.07 Å². The Morgan fingerprint density at radius 2 is 1.89 bits per heavy atom. The zero-order chi connectivity index (χ0) is 19.9. The van der Waals surface area contributed by atoms with Crippen LogP contribution < -0.4 is 14.9 Å². The van der Waals surface area contributed by atoms with Crippen LogP contribution in [0.15, 0.2) is 70.4 Å². The fraction of sp³-hybridized carbons (Fsp3) is 0.0952. The first-order valence-electron chi connectivity index (χ1n) is 8.40. The number of furan rings is 1. The number of methoxy groups -OCH3 is 1. The Bertz CT molecular complexity index is 992. The Morgan fingerprint density at radius 3 is 2.57 bits per heavy atom. The summed E-state index contributed by atoms with van der Waals surface area (Å²) in [6.07, 6.45) is 2.88. The molecule has 142 valence electrons. The van der Waals surface area contributed by atoms with Crippen LogP contribution >= 0.6 is 0 Å². The molecule has 28 heavy (non-hydrogen) atoms. The van der Waals surface area contributed by atoms with E-state index in [2.05, 4.69) is 10.5 Å². The topological polar surface area (TPSA) is 90.1 Å². The largest absolute Gasteiger partial charge is 0.496 e. The number of benzene rings is 2. The van der Waals surface area contributed by atoms with Crippen molar-refractivity contribution in [3.8, 4) is 11.5 Å². The molecular weight excluding hydrogens is 360 g/mol. The van der Waals surface area contributed by atoms with Crippen LogP contribution in [-0.4, -0.2) is 25.2 Å². The molecule has 0 aliphatic heterocycles. The number of hydrazone groups is 1. The third-order valence-electron chi connectivity index (χ3n) is 3.79. The van der Waals surface area contributed by atoms with Crippen LogP contribution in [0.1, 0.15) is 32.0 Å². The Hall–Kier alpha value is -3.87. The second kappa shape index (κ2) is 8.68. The molecule has 1 N–H and O–H groups in total. The van der Waals surface area contributed by atoms with Gasteiger partial charge in [0, 0.05) is 0 Å². The molecule has 0 aliphatic rings. The number of nitrogens with one attached hydrogen (secondary N) is 1. The molecule has 3 aromatic rings. The van der Waals surface area contributed by atoms with E-state index in [0.29, 0.717) is 22.6 Å². The lowest BCUT2D eigenvalue weighted by Gasteiger charge is -2.07. The molecule has 0 saturated carbocycles. The van der Waals surface area contributed by atoms with Gasteiger partial charge in [0.2, 0.25) is 5.76 Å². The van der Waals surface area contributed by atoms with E-state index in [-0.39, 0.29) is 11.7 Å². The van der Waals surface area contributed by atoms with Gasteiger partial charge in [-0.25, -0.2) is 10.2 Å². The van der Waals surface area contributed by atoms with E-state index in [0.717, 1.165) is 5.56 Å². The molecule has 2 aromatic carbocycles. The summed E-state index contributed by atoms with van der Waals surface area (Å²) >= 11 is 0. The van der Waals surface area contributed by atoms with E-state index in [9.17, 15) is 9.59 Å². The minimum atomic E-state index is -0.578. The zero-order valence-corrected chi connectivity index (χ0v) is 15.3. The smallest absolute Gasteiger partial charge is 0.379 e. The predicted molar refractivity (Wildman–Crippen MR) is 103 cm³/mol. The highest BCUT2D eigenvalue weighted by Crippen LogP contribution is 2.19. The number of aryl methyl sites for hydroxylation is 1. The lowest BCUT2D eigenvalue weighted by molar-refractivity contribution is 0.0701. The van der Waals surface area contributed by atoms with Gasteiger partial charge < -0.3 is 13.9 Å². The van der Waals surface area contributed by atoms with Gasteiger partial charge in [0.15, 0.2) is 0 Å². The average molecular weight is 378 g/mol. The van der Waals surface area contributed by atoms with Crippen molar-refractivity contribution in [3.63, 3.8) is 0 Å². The number of carbonyl (C=O) groups is 2. The molecule has 0 unspecified atom stereocenters. The number of ether oxygens (including phenoxy) is 2. The number of nitrogens with zero attached hydrogens (tertiary/aromatic N) is 1. The number of hydrogen-bond acceptors (Lipinski definition) is 6. The molecule has 0 atom stereocenters. The average Bonchev–Trinajstić information content (AvgIpc) is 3.24. The quantitative estimate of drug-likeness (QED) is 0.306. The van der Waals surface area contributed by atoms with Gasteiger partial charge in [-0.2, -0.15) is 5.10 Å². The normalized spacial score (nSPS) is 10.6. The Kier molecular flexibility index (Phi) is 5.86. The minimum absolute atomic E-state index is 0.125. The highest BCUT2D eigenvalue weighted by atomic mass is 16.5. The standard InChI is InChI=1S/C21H18N2O5/c1-14-5-10-17(19(12-14)26-2)20(24)23-22-13-15-6-8-16(9-7-15)28-21(25)18-4-3-11-27-18/h3-13H,1-2H3,(H,23,24)/b22-13+. The van der Waals surface area contributed by atoms with E-state index in [1.165, 1.54) is 25.7 Å². The van der Waals surface area contributed by atoms with E-state index >= 15 is 0 Å². The molecule has 0 aliphatic carbocycles. The van der Waals surface area contributed by atoms with Crippen LogP contribution in [0.4, 0.5) is 0 Å². The Labute approximate surface area is 161 Å². The van der Waals surface area contributed by atoms with Crippen molar-refractivity contribution in [2.45, 2.75) is 6.92 Å². The van der Waals surface area contributed by atoms with Gasteiger partial charge >= 0.3 is 5.97 Å². The van der Waals surface area contributed by atoms with Crippen molar-refractivity contribution >= 4 is 18.1 Å². The SMILES string of the molecule is COc1cc(C)ccc1C(=O)N/N=C/c1ccc(OC(=O)c2ccco2)cc1. The van der Waals surface area contributed by atoms with Crippen LogP contribution in [0.5, 0.6) is 11.5 Å². The third-order valence-corrected chi connectivity index (χ3v) is 3.79. The van der Waals surface area contributed by atoms with Crippen LogP contribution in [0.2, 0.25) is 0 Å². The van der Waals surface area contributed by atoms with Gasteiger partial charge in [-0.05, 0) is 66.6 Å². The third kappa shape index (κ3) is 4.64. The van der Waals surface area contributed by atoms with Gasteiger partial charge in [-0.3, -0.25) is 4.79 Å². The molecule has 0 saturated heterocycles. The van der Waals surface area contributed by atoms with Crippen LogP contribution in [0, 0.1) is 6.92 Å². The van der Waals surface area contributed by atoms with Crippen molar-refractivity contribution < 1.29 is 23.5 Å². The number of rotatable bonds is 6. The van der Waals surface area contributed by atoms with Gasteiger partial charge in [0.25, 0.3) is 5.91 Å². The number of hydrogen-bond donors (Lipinski definition) is 1. The highest BCUT2D eigenvalue weighted by Gasteiger charge is 2.12. The van der Waals surface area contributed by atoms with E-state index in [4.69, 9.17) is 13.9 Å². The second-order valence-corrected chi connectivity index (χ2v) is 5.84. The summed E-state index contributed by atoms with van der Waals surface area (Å²) in [5.41, 5.74) is 4.56. The number of esters is 1. The number of amides is 1. The van der Waals surface area contributed by atoms with Crippen LogP contribution in [0.25, 0.3) is 0 Å². The summed E-state index contributed by atoms with van der Waals surface area (Å²) < 4.78 is 15.4. The summed E-state index contributed by atoms with van der Waals surface area (Å²) in [4.78, 5) is 24.1. The summed E-state index contributed by atoms with van der Waals surface area (Å²) in [6.45, 7) is 1.91.